The Kier molecular flexibility index (Phi) is 5.63. The average Bonchev–Trinajstić information content (AvgIpc) is 2.62. The second-order valence-electron chi connectivity index (χ2n) is 5.53. The van der Waals surface area contributed by atoms with Crippen molar-refractivity contribution in [1.82, 2.24) is 5.32 Å². The normalized spacial score (nSPS) is 11.8. The molecule has 0 amide bonds. The van der Waals surface area contributed by atoms with E-state index in [-0.39, 0.29) is 5.54 Å². The number of furan rings is 1. The molecule has 0 unspecified atom stereocenters. The SMILES string of the molecule is C=CCCOCc1cc(CNC(C)(C)C)oc1C. The Hall–Kier alpha value is -1.06. The molecule has 3 nitrogen and oxygen atoms in total. The molecule has 1 heterocycles. The quantitative estimate of drug-likeness (QED) is 0.594. The summed E-state index contributed by atoms with van der Waals surface area (Å²) in [6.45, 7) is 14.1. The predicted octanol–water partition coefficient (Wildman–Crippen LogP) is 3.57. The second-order valence-corrected chi connectivity index (χ2v) is 5.53. The van der Waals surface area contributed by atoms with Crippen molar-refractivity contribution in [3.8, 4) is 0 Å². The third kappa shape index (κ3) is 5.52. The molecule has 102 valence electrons. The Morgan fingerprint density at radius 1 is 1.44 bits per heavy atom. The number of nitrogens with one attached hydrogen (secondary N) is 1. The molecule has 0 spiro atoms. The first-order valence-corrected chi connectivity index (χ1v) is 6.44. The lowest BCUT2D eigenvalue weighted by Crippen LogP contribution is -2.34. The predicted molar refractivity (Wildman–Crippen MR) is 74.5 cm³/mol. The number of hydrogen-bond donors (Lipinski definition) is 1. The van der Waals surface area contributed by atoms with Crippen LogP contribution < -0.4 is 5.32 Å². The Balaban J connectivity index is 2.45. The van der Waals surface area contributed by atoms with Crippen LogP contribution in [0, 0.1) is 6.92 Å². The van der Waals surface area contributed by atoms with Crippen LogP contribution in [-0.4, -0.2) is 12.1 Å². The largest absolute Gasteiger partial charge is 0.465 e. The molecule has 0 aliphatic rings. The van der Waals surface area contributed by atoms with Crippen LogP contribution in [0.5, 0.6) is 0 Å². The molecule has 1 N–H and O–H groups in total. The molecular formula is C15H25NO2. The van der Waals surface area contributed by atoms with Crippen molar-refractivity contribution in [2.24, 2.45) is 0 Å². The molecule has 0 atom stereocenters. The van der Waals surface area contributed by atoms with E-state index in [1.807, 2.05) is 13.0 Å². The van der Waals surface area contributed by atoms with Gasteiger partial charge in [-0.1, -0.05) is 6.08 Å². The van der Waals surface area contributed by atoms with E-state index in [1.165, 1.54) is 0 Å². The van der Waals surface area contributed by atoms with Gasteiger partial charge in [0.1, 0.15) is 11.5 Å². The summed E-state index contributed by atoms with van der Waals surface area (Å²) in [5, 5.41) is 3.41. The number of hydrogen-bond acceptors (Lipinski definition) is 3. The summed E-state index contributed by atoms with van der Waals surface area (Å²) in [5.41, 5.74) is 1.23. The van der Waals surface area contributed by atoms with Gasteiger partial charge >= 0.3 is 0 Å². The van der Waals surface area contributed by atoms with E-state index in [9.17, 15) is 0 Å². The standard InChI is InChI=1S/C15H25NO2/c1-6-7-8-17-11-13-9-14(18-12(13)2)10-16-15(3,4)5/h6,9,16H,1,7-8,10-11H2,2-5H3. The molecule has 1 aromatic rings. The topological polar surface area (TPSA) is 34.4 Å². The molecule has 0 saturated heterocycles. The lowest BCUT2D eigenvalue weighted by atomic mass is 10.1. The summed E-state index contributed by atoms with van der Waals surface area (Å²) < 4.78 is 11.3. The Labute approximate surface area is 110 Å². The molecule has 3 heteroatoms. The molecule has 1 aromatic heterocycles. The summed E-state index contributed by atoms with van der Waals surface area (Å²) in [4.78, 5) is 0. The molecule has 0 bridgehead atoms. The minimum atomic E-state index is 0.0985. The van der Waals surface area contributed by atoms with E-state index in [4.69, 9.17) is 9.15 Å². The van der Waals surface area contributed by atoms with Gasteiger partial charge in [0.05, 0.1) is 19.8 Å². The fourth-order valence-corrected chi connectivity index (χ4v) is 1.52. The van der Waals surface area contributed by atoms with Crippen molar-refractivity contribution in [3.05, 3.63) is 35.8 Å². The molecule has 0 saturated carbocycles. The molecule has 0 aliphatic heterocycles. The number of ether oxygens (including phenoxy) is 1. The van der Waals surface area contributed by atoms with E-state index in [0.29, 0.717) is 13.2 Å². The lowest BCUT2D eigenvalue weighted by molar-refractivity contribution is 0.124. The van der Waals surface area contributed by atoms with Gasteiger partial charge in [0.25, 0.3) is 0 Å². The highest BCUT2D eigenvalue weighted by atomic mass is 16.5. The zero-order valence-electron chi connectivity index (χ0n) is 12.0. The molecular weight excluding hydrogens is 226 g/mol. The van der Waals surface area contributed by atoms with Gasteiger partial charge in [0.2, 0.25) is 0 Å². The van der Waals surface area contributed by atoms with Crippen molar-refractivity contribution >= 4 is 0 Å². The van der Waals surface area contributed by atoms with Crippen LogP contribution in [0.1, 0.15) is 44.3 Å². The van der Waals surface area contributed by atoms with Crippen LogP contribution in [0.4, 0.5) is 0 Å². The van der Waals surface area contributed by atoms with Gasteiger partial charge in [-0.05, 0) is 40.2 Å². The van der Waals surface area contributed by atoms with E-state index in [2.05, 4.69) is 38.7 Å². The Morgan fingerprint density at radius 3 is 2.78 bits per heavy atom. The smallest absolute Gasteiger partial charge is 0.118 e. The lowest BCUT2D eigenvalue weighted by Gasteiger charge is -2.19. The van der Waals surface area contributed by atoms with Gasteiger partial charge in [-0.25, -0.2) is 0 Å². The van der Waals surface area contributed by atoms with Crippen LogP contribution in [0.2, 0.25) is 0 Å². The van der Waals surface area contributed by atoms with Crippen molar-refractivity contribution in [2.75, 3.05) is 6.61 Å². The van der Waals surface area contributed by atoms with Crippen LogP contribution in [0.25, 0.3) is 0 Å². The van der Waals surface area contributed by atoms with Crippen molar-refractivity contribution < 1.29 is 9.15 Å². The summed E-state index contributed by atoms with van der Waals surface area (Å²) in [5.74, 6) is 1.91. The highest BCUT2D eigenvalue weighted by molar-refractivity contribution is 5.20. The van der Waals surface area contributed by atoms with Crippen molar-refractivity contribution in [2.45, 2.75) is 52.8 Å². The summed E-state index contributed by atoms with van der Waals surface area (Å²) in [6, 6.07) is 2.07. The maximum absolute atomic E-state index is 5.70. The van der Waals surface area contributed by atoms with Gasteiger partial charge in [-0.2, -0.15) is 0 Å². The van der Waals surface area contributed by atoms with E-state index in [1.54, 1.807) is 0 Å². The van der Waals surface area contributed by atoms with Crippen molar-refractivity contribution in [3.63, 3.8) is 0 Å². The first-order chi connectivity index (χ1) is 8.42. The zero-order valence-corrected chi connectivity index (χ0v) is 12.0. The van der Waals surface area contributed by atoms with Gasteiger partial charge in [0.15, 0.2) is 0 Å². The van der Waals surface area contributed by atoms with Crippen LogP contribution in [-0.2, 0) is 17.9 Å². The fourth-order valence-electron chi connectivity index (χ4n) is 1.52. The first kappa shape index (κ1) is 15.0. The second kappa shape index (κ2) is 6.76. The molecule has 18 heavy (non-hydrogen) atoms. The Bertz CT molecular complexity index is 374. The van der Waals surface area contributed by atoms with Gasteiger partial charge in [-0.3, -0.25) is 0 Å². The number of aryl methyl sites for hydroxylation is 1. The molecule has 0 aliphatic carbocycles. The molecule has 0 radical (unpaired) electrons. The maximum Gasteiger partial charge on any atom is 0.118 e. The number of rotatable bonds is 7. The summed E-state index contributed by atoms with van der Waals surface area (Å²) >= 11 is 0. The molecule has 1 rings (SSSR count). The first-order valence-electron chi connectivity index (χ1n) is 6.44. The zero-order chi connectivity index (χ0) is 13.6. The average molecular weight is 251 g/mol. The van der Waals surface area contributed by atoms with Crippen molar-refractivity contribution in [1.29, 1.82) is 0 Å². The minimum Gasteiger partial charge on any atom is -0.465 e. The van der Waals surface area contributed by atoms with Crippen LogP contribution in [0.15, 0.2) is 23.1 Å². The Morgan fingerprint density at radius 2 is 2.17 bits per heavy atom. The molecule has 0 aromatic carbocycles. The third-order valence-corrected chi connectivity index (χ3v) is 2.59. The van der Waals surface area contributed by atoms with E-state index < -0.39 is 0 Å². The highest BCUT2D eigenvalue weighted by Crippen LogP contribution is 2.16. The van der Waals surface area contributed by atoms with Gasteiger partial charge in [0, 0.05) is 11.1 Å². The maximum atomic E-state index is 5.70. The fraction of sp³-hybridized carbons (Fsp3) is 0.600. The van der Waals surface area contributed by atoms with E-state index in [0.717, 1.165) is 30.0 Å². The van der Waals surface area contributed by atoms with Crippen LogP contribution >= 0.6 is 0 Å². The van der Waals surface area contributed by atoms with E-state index >= 15 is 0 Å². The third-order valence-electron chi connectivity index (χ3n) is 2.59. The summed E-state index contributed by atoms with van der Waals surface area (Å²) in [6.07, 6.45) is 2.75. The monoisotopic (exact) mass is 251 g/mol. The highest BCUT2D eigenvalue weighted by Gasteiger charge is 2.12. The van der Waals surface area contributed by atoms with Gasteiger partial charge < -0.3 is 14.5 Å². The summed E-state index contributed by atoms with van der Waals surface area (Å²) in [7, 11) is 0. The molecule has 0 fully saturated rings. The van der Waals surface area contributed by atoms with Gasteiger partial charge in [-0.15, -0.1) is 6.58 Å². The minimum absolute atomic E-state index is 0.0985. The van der Waals surface area contributed by atoms with Crippen LogP contribution in [0.3, 0.4) is 0 Å².